The molecule has 0 saturated heterocycles. The van der Waals surface area contributed by atoms with Crippen LogP contribution in [0.1, 0.15) is 5.56 Å². The van der Waals surface area contributed by atoms with Gasteiger partial charge in [-0.15, -0.1) is 0 Å². The minimum Gasteiger partial charge on any atom is -0.354 e. The Balaban J connectivity index is 3.10. The second-order valence-corrected chi connectivity index (χ2v) is 4.72. The van der Waals surface area contributed by atoms with Crippen molar-refractivity contribution in [1.82, 2.24) is 5.32 Å². The lowest BCUT2D eigenvalue weighted by atomic mass is 10.1. The second kappa shape index (κ2) is 5.44. The normalized spacial score (nSPS) is 12.0. The van der Waals surface area contributed by atoms with E-state index in [0.29, 0.717) is 5.56 Å². The number of hydrogen-bond donors (Lipinski definition) is 1. The van der Waals surface area contributed by atoms with Crippen LogP contribution in [0, 0.1) is 0 Å². The van der Waals surface area contributed by atoms with Gasteiger partial charge in [0.2, 0.25) is 0 Å². The monoisotopic (exact) mass is 256 g/mol. The lowest BCUT2D eigenvalue weighted by Crippen LogP contribution is -2.28. The van der Waals surface area contributed by atoms with Crippen LogP contribution in [0.5, 0.6) is 0 Å². The Bertz CT molecular complexity index is 522. The molecule has 0 aliphatic rings. The first kappa shape index (κ1) is 13.2. The highest BCUT2D eigenvalue weighted by atomic mass is 32.2. The van der Waals surface area contributed by atoms with E-state index in [9.17, 15) is 13.2 Å². The fourth-order valence-corrected chi connectivity index (χ4v) is 1.25. The van der Waals surface area contributed by atoms with Crippen molar-refractivity contribution in [3.63, 3.8) is 0 Å². The van der Waals surface area contributed by atoms with Crippen molar-refractivity contribution in [1.29, 1.82) is 0 Å². The van der Waals surface area contributed by atoms with Crippen LogP contribution in [-0.4, -0.2) is 33.3 Å². The molecular formula is C10H12N2O4S. The Morgan fingerprint density at radius 1 is 1.29 bits per heavy atom. The average molecular weight is 256 g/mol. The molecule has 0 aliphatic carbocycles. The molecule has 0 aromatic heterocycles. The fourth-order valence-electron chi connectivity index (χ4n) is 1.04. The molecule has 0 bridgehead atoms. The van der Waals surface area contributed by atoms with E-state index in [1.807, 2.05) is 0 Å². The highest BCUT2D eigenvalue weighted by Gasteiger charge is 2.14. The van der Waals surface area contributed by atoms with Gasteiger partial charge in [0, 0.05) is 12.6 Å². The van der Waals surface area contributed by atoms with Gasteiger partial charge in [-0.05, 0) is 0 Å². The molecule has 0 aliphatic heterocycles. The maximum atomic E-state index is 11.5. The van der Waals surface area contributed by atoms with Crippen LogP contribution in [0.25, 0.3) is 0 Å². The molecule has 1 rings (SSSR count). The Hall–Kier alpha value is -1.89. The molecular weight excluding hydrogens is 244 g/mol. The number of amides is 1. The minimum atomic E-state index is -3.74. The number of nitrogens with one attached hydrogen (secondary N) is 1. The van der Waals surface area contributed by atoms with Crippen molar-refractivity contribution < 1.29 is 17.5 Å². The zero-order valence-electron chi connectivity index (χ0n) is 9.38. The molecule has 1 N–H and O–H groups in total. The van der Waals surface area contributed by atoms with Gasteiger partial charge in [0.15, 0.2) is 5.71 Å². The lowest BCUT2D eigenvalue weighted by Gasteiger charge is -2.04. The number of hydrogen-bond acceptors (Lipinski definition) is 5. The predicted molar refractivity (Wildman–Crippen MR) is 63.0 cm³/mol. The number of benzene rings is 1. The molecule has 0 atom stereocenters. The second-order valence-electron chi connectivity index (χ2n) is 3.16. The molecule has 0 spiro atoms. The summed E-state index contributed by atoms with van der Waals surface area (Å²) >= 11 is 0. The Morgan fingerprint density at radius 3 is 2.35 bits per heavy atom. The Kier molecular flexibility index (Phi) is 4.22. The number of carbonyl (C=O) groups is 1. The van der Waals surface area contributed by atoms with E-state index < -0.39 is 16.0 Å². The lowest BCUT2D eigenvalue weighted by molar-refractivity contribution is -0.114. The molecule has 1 aromatic carbocycles. The summed E-state index contributed by atoms with van der Waals surface area (Å²) < 4.78 is 25.9. The molecule has 0 heterocycles. The summed E-state index contributed by atoms with van der Waals surface area (Å²) in [5.41, 5.74) is 0.369. The summed E-state index contributed by atoms with van der Waals surface area (Å²) in [7, 11) is -2.32. The van der Waals surface area contributed by atoms with E-state index in [0.717, 1.165) is 6.26 Å². The molecule has 0 fully saturated rings. The first-order valence-corrected chi connectivity index (χ1v) is 6.50. The molecule has 0 unspecified atom stereocenters. The highest BCUT2D eigenvalue weighted by molar-refractivity contribution is 7.85. The molecule has 7 heteroatoms. The average Bonchev–Trinajstić information content (AvgIpc) is 2.29. The van der Waals surface area contributed by atoms with E-state index in [-0.39, 0.29) is 5.71 Å². The first-order valence-electron chi connectivity index (χ1n) is 4.68. The van der Waals surface area contributed by atoms with Crippen LogP contribution in [0.4, 0.5) is 0 Å². The highest BCUT2D eigenvalue weighted by Crippen LogP contribution is 2.03. The van der Waals surface area contributed by atoms with Crippen LogP contribution in [0.3, 0.4) is 0 Å². The van der Waals surface area contributed by atoms with Crippen LogP contribution in [-0.2, 0) is 19.2 Å². The zero-order chi connectivity index (χ0) is 12.9. The minimum absolute atomic E-state index is 0.0986. The number of rotatable bonds is 4. The topological polar surface area (TPSA) is 84.8 Å². The van der Waals surface area contributed by atoms with E-state index in [2.05, 4.69) is 14.8 Å². The van der Waals surface area contributed by atoms with Crippen LogP contribution < -0.4 is 5.32 Å². The standard InChI is InChI=1S/C10H12N2O4S/c1-11-10(13)9(12-16-17(2,14)15)8-6-4-3-5-7-8/h3-7H,1-2H3,(H,11,13)/b12-9-. The maximum Gasteiger partial charge on any atom is 0.325 e. The summed E-state index contributed by atoms with van der Waals surface area (Å²) in [4.78, 5) is 11.5. The zero-order valence-corrected chi connectivity index (χ0v) is 10.2. The van der Waals surface area contributed by atoms with E-state index in [1.165, 1.54) is 7.05 Å². The Labute approximate surface area is 99.4 Å². The molecule has 0 saturated carbocycles. The van der Waals surface area contributed by atoms with Gasteiger partial charge in [0.1, 0.15) is 0 Å². The van der Waals surface area contributed by atoms with Crippen molar-refractivity contribution in [3.05, 3.63) is 35.9 Å². The molecule has 0 radical (unpaired) electrons. The van der Waals surface area contributed by atoms with Gasteiger partial charge in [-0.25, -0.2) is 0 Å². The van der Waals surface area contributed by atoms with Crippen LogP contribution >= 0.6 is 0 Å². The van der Waals surface area contributed by atoms with Crippen molar-refractivity contribution in [2.24, 2.45) is 5.16 Å². The molecule has 92 valence electrons. The third-order valence-electron chi connectivity index (χ3n) is 1.75. The molecule has 1 amide bonds. The van der Waals surface area contributed by atoms with Crippen molar-refractivity contribution in [2.75, 3.05) is 13.3 Å². The van der Waals surface area contributed by atoms with E-state index >= 15 is 0 Å². The van der Waals surface area contributed by atoms with Gasteiger partial charge >= 0.3 is 10.1 Å². The van der Waals surface area contributed by atoms with Crippen molar-refractivity contribution in [3.8, 4) is 0 Å². The van der Waals surface area contributed by atoms with Crippen molar-refractivity contribution >= 4 is 21.7 Å². The van der Waals surface area contributed by atoms with E-state index in [4.69, 9.17) is 0 Å². The summed E-state index contributed by atoms with van der Waals surface area (Å²) in [6.45, 7) is 0. The number of oxime groups is 1. The van der Waals surface area contributed by atoms with E-state index in [1.54, 1.807) is 30.3 Å². The van der Waals surface area contributed by atoms with Gasteiger partial charge in [0.25, 0.3) is 5.91 Å². The maximum absolute atomic E-state index is 11.5. The quantitative estimate of drug-likeness (QED) is 0.612. The largest absolute Gasteiger partial charge is 0.354 e. The summed E-state index contributed by atoms with van der Waals surface area (Å²) in [5, 5.41) is 5.71. The SMILES string of the molecule is CNC(=O)/C(=N\OS(C)(=O)=O)c1ccccc1. The van der Waals surface area contributed by atoms with Gasteiger partial charge in [-0.2, -0.15) is 8.42 Å². The fraction of sp³-hybridized carbons (Fsp3) is 0.200. The number of carbonyl (C=O) groups excluding carboxylic acids is 1. The van der Waals surface area contributed by atoms with Crippen molar-refractivity contribution in [2.45, 2.75) is 0 Å². The molecule has 1 aromatic rings. The Morgan fingerprint density at radius 2 is 1.88 bits per heavy atom. The third kappa shape index (κ3) is 4.23. The summed E-state index contributed by atoms with van der Waals surface area (Å²) in [6.07, 6.45) is 0.850. The van der Waals surface area contributed by atoms with Gasteiger partial charge in [-0.1, -0.05) is 35.5 Å². The van der Waals surface area contributed by atoms with Crippen LogP contribution in [0.15, 0.2) is 35.5 Å². The number of likely N-dealkylation sites (N-methyl/N-ethyl adjacent to an activating group) is 1. The summed E-state index contributed by atoms with van der Waals surface area (Å²) in [5.74, 6) is -0.528. The third-order valence-corrected chi connectivity index (χ3v) is 2.10. The molecule has 17 heavy (non-hydrogen) atoms. The first-order chi connectivity index (χ1) is 7.94. The van der Waals surface area contributed by atoms with Gasteiger partial charge in [0.05, 0.1) is 6.26 Å². The molecule has 6 nitrogen and oxygen atoms in total. The summed E-state index contributed by atoms with van der Waals surface area (Å²) in [6, 6.07) is 8.42. The van der Waals surface area contributed by atoms with Crippen LogP contribution in [0.2, 0.25) is 0 Å². The predicted octanol–water partition coefficient (Wildman–Crippen LogP) is 0.113. The smallest absolute Gasteiger partial charge is 0.325 e. The van der Waals surface area contributed by atoms with Gasteiger partial charge in [-0.3, -0.25) is 9.08 Å². The van der Waals surface area contributed by atoms with Gasteiger partial charge < -0.3 is 5.32 Å². The number of nitrogens with zero attached hydrogens (tertiary/aromatic N) is 1.